The number of ether oxygens (including phenoxy) is 4. The van der Waals surface area contributed by atoms with Crippen LogP contribution in [0.25, 0.3) is 0 Å². The lowest BCUT2D eigenvalue weighted by atomic mass is 10.5. The number of hydrogen-bond acceptors (Lipinski definition) is 6. The van der Waals surface area contributed by atoms with Crippen molar-refractivity contribution < 1.29 is 24.1 Å². The normalized spacial score (nSPS) is 10.7. The molecule has 0 fully saturated rings. The monoisotopic (exact) mass is 349 g/mol. The summed E-state index contributed by atoms with van der Waals surface area (Å²) in [5.74, 6) is 0.570. The molecule has 7 heteroatoms. The highest BCUT2D eigenvalue weighted by atomic mass is 79.9. The molecule has 0 aliphatic carbocycles. The summed E-state index contributed by atoms with van der Waals surface area (Å²) in [7, 11) is 0. The third-order valence-electron chi connectivity index (χ3n) is 2.15. The molecule has 0 saturated heterocycles. The minimum atomic E-state index is 0.0377. The molecule has 1 heterocycles. The molecule has 114 valence electrons. The first-order chi connectivity index (χ1) is 9.83. The number of rotatable bonds is 12. The summed E-state index contributed by atoms with van der Waals surface area (Å²) < 4.78 is 22.0. The molecule has 1 N–H and O–H groups in total. The first-order valence-corrected chi connectivity index (χ1v) is 7.20. The zero-order chi connectivity index (χ0) is 14.5. The number of pyridine rings is 1. The summed E-state index contributed by atoms with van der Waals surface area (Å²) in [5.41, 5.74) is 0. The molecule has 1 aromatic rings. The molecule has 0 unspecified atom stereocenters. The molecule has 20 heavy (non-hydrogen) atoms. The van der Waals surface area contributed by atoms with Gasteiger partial charge in [-0.1, -0.05) is 15.9 Å². The number of aromatic nitrogens is 1. The van der Waals surface area contributed by atoms with Crippen molar-refractivity contribution in [1.29, 1.82) is 0 Å². The second-order valence-electron chi connectivity index (χ2n) is 3.72. The van der Waals surface area contributed by atoms with Crippen LogP contribution in [0.2, 0.25) is 0 Å². The van der Waals surface area contributed by atoms with Crippen LogP contribution >= 0.6 is 15.9 Å². The minimum Gasteiger partial charge on any atom is -0.475 e. The quantitative estimate of drug-likeness (QED) is 0.573. The molecular weight excluding hydrogens is 330 g/mol. The van der Waals surface area contributed by atoms with Gasteiger partial charge in [-0.2, -0.15) is 0 Å². The van der Waals surface area contributed by atoms with Crippen molar-refractivity contribution >= 4 is 15.9 Å². The number of hydrogen-bond donors (Lipinski definition) is 1. The van der Waals surface area contributed by atoms with E-state index in [1.807, 2.05) is 6.07 Å². The van der Waals surface area contributed by atoms with Crippen LogP contribution in [0.15, 0.2) is 22.8 Å². The average molecular weight is 350 g/mol. The second-order valence-corrected chi connectivity index (χ2v) is 4.64. The Morgan fingerprint density at radius 2 is 1.55 bits per heavy atom. The molecule has 0 aromatic carbocycles. The van der Waals surface area contributed by atoms with Gasteiger partial charge in [0.1, 0.15) is 6.61 Å². The summed E-state index contributed by atoms with van der Waals surface area (Å²) in [6.45, 7) is 3.32. The van der Waals surface area contributed by atoms with Crippen molar-refractivity contribution in [1.82, 2.24) is 4.98 Å². The maximum absolute atomic E-state index is 8.48. The van der Waals surface area contributed by atoms with E-state index in [1.54, 1.807) is 12.3 Å². The van der Waals surface area contributed by atoms with Crippen molar-refractivity contribution in [2.45, 2.75) is 0 Å². The van der Waals surface area contributed by atoms with E-state index in [4.69, 9.17) is 24.1 Å². The number of aliphatic hydroxyl groups excluding tert-OH is 1. The third-order valence-corrected chi connectivity index (χ3v) is 2.65. The predicted octanol–water partition coefficient (Wildman–Crippen LogP) is 1.26. The SMILES string of the molecule is OCCOCCOCCOCCOc1cc(Br)ccn1. The van der Waals surface area contributed by atoms with Gasteiger partial charge in [-0.3, -0.25) is 0 Å². The lowest BCUT2D eigenvalue weighted by Gasteiger charge is -2.07. The molecule has 0 atom stereocenters. The zero-order valence-corrected chi connectivity index (χ0v) is 12.9. The number of halogens is 1. The standard InChI is InChI=1S/C13H20BrNO5/c14-12-1-2-15-13(11-12)20-10-9-19-8-7-18-6-5-17-4-3-16/h1-2,11,16H,3-10H2. The third kappa shape index (κ3) is 9.22. The summed E-state index contributed by atoms with van der Waals surface area (Å²) in [4.78, 5) is 4.06. The van der Waals surface area contributed by atoms with Crippen LogP contribution in [0.1, 0.15) is 0 Å². The molecule has 0 saturated carbocycles. The first-order valence-electron chi connectivity index (χ1n) is 6.41. The van der Waals surface area contributed by atoms with Crippen molar-refractivity contribution in [2.75, 3.05) is 52.9 Å². The highest BCUT2D eigenvalue weighted by molar-refractivity contribution is 9.10. The van der Waals surface area contributed by atoms with Crippen LogP contribution in [0.5, 0.6) is 5.88 Å². The Balaban J connectivity index is 1.85. The Labute approximate surface area is 127 Å². The fraction of sp³-hybridized carbons (Fsp3) is 0.615. The van der Waals surface area contributed by atoms with Gasteiger partial charge >= 0.3 is 0 Å². The summed E-state index contributed by atoms with van der Waals surface area (Å²) in [5, 5.41) is 8.48. The smallest absolute Gasteiger partial charge is 0.214 e. The summed E-state index contributed by atoms with van der Waals surface area (Å²) in [6.07, 6.45) is 1.67. The van der Waals surface area contributed by atoms with E-state index >= 15 is 0 Å². The Morgan fingerprint density at radius 1 is 0.950 bits per heavy atom. The lowest BCUT2D eigenvalue weighted by molar-refractivity contribution is 0.00342. The number of nitrogens with zero attached hydrogens (tertiary/aromatic N) is 1. The van der Waals surface area contributed by atoms with Gasteiger partial charge in [0.05, 0.1) is 46.2 Å². The highest BCUT2D eigenvalue weighted by Gasteiger charge is 1.96. The van der Waals surface area contributed by atoms with E-state index < -0.39 is 0 Å². The largest absolute Gasteiger partial charge is 0.475 e. The Hall–Kier alpha value is -0.730. The number of aliphatic hydroxyl groups is 1. The van der Waals surface area contributed by atoms with E-state index in [0.29, 0.717) is 52.1 Å². The van der Waals surface area contributed by atoms with E-state index in [9.17, 15) is 0 Å². The molecule has 1 rings (SSSR count). The maximum Gasteiger partial charge on any atom is 0.214 e. The van der Waals surface area contributed by atoms with Crippen LogP contribution in [0.4, 0.5) is 0 Å². The van der Waals surface area contributed by atoms with Gasteiger partial charge in [-0.25, -0.2) is 4.98 Å². The second kappa shape index (κ2) is 12.0. The van der Waals surface area contributed by atoms with Gasteiger partial charge < -0.3 is 24.1 Å². The van der Waals surface area contributed by atoms with E-state index in [2.05, 4.69) is 20.9 Å². The minimum absolute atomic E-state index is 0.0377. The fourth-order valence-electron chi connectivity index (χ4n) is 1.28. The molecule has 0 amide bonds. The Bertz CT molecular complexity index is 353. The average Bonchev–Trinajstić information content (AvgIpc) is 2.45. The first kappa shape index (κ1) is 17.3. The summed E-state index contributed by atoms with van der Waals surface area (Å²) in [6, 6.07) is 3.64. The van der Waals surface area contributed by atoms with Gasteiger partial charge in [0.2, 0.25) is 5.88 Å². The van der Waals surface area contributed by atoms with Crippen LogP contribution in [-0.4, -0.2) is 62.9 Å². The molecule has 0 bridgehead atoms. The molecule has 0 radical (unpaired) electrons. The topological polar surface area (TPSA) is 70.0 Å². The van der Waals surface area contributed by atoms with Crippen molar-refractivity contribution in [3.63, 3.8) is 0 Å². The van der Waals surface area contributed by atoms with Gasteiger partial charge in [0, 0.05) is 16.7 Å². The van der Waals surface area contributed by atoms with Crippen LogP contribution in [-0.2, 0) is 14.2 Å². The van der Waals surface area contributed by atoms with E-state index in [-0.39, 0.29) is 6.61 Å². The van der Waals surface area contributed by atoms with E-state index in [0.717, 1.165) is 4.47 Å². The van der Waals surface area contributed by atoms with Gasteiger partial charge in [0.25, 0.3) is 0 Å². The van der Waals surface area contributed by atoms with Crippen LogP contribution in [0, 0.1) is 0 Å². The van der Waals surface area contributed by atoms with E-state index in [1.165, 1.54) is 0 Å². The van der Waals surface area contributed by atoms with Crippen LogP contribution in [0.3, 0.4) is 0 Å². The van der Waals surface area contributed by atoms with Gasteiger partial charge in [-0.05, 0) is 6.07 Å². The zero-order valence-electron chi connectivity index (χ0n) is 11.3. The molecule has 0 aliphatic heterocycles. The fourth-order valence-corrected chi connectivity index (χ4v) is 1.59. The highest BCUT2D eigenvalue weighted by Crippen LogP contribution is 2.14. The van der Waals surface area contributed by atoms with Gasteiger partial charge in [-0.15, -0.1) is 0 Å². The van der Waals surface area contributed by atoms with Gasteiger partial charge in [0.15, 0.2) is 0 Å². The predicted molar refractivity (Wildman–Crippen MR) is 77.0 cm³/mol. The molecule has 1 aromatic heterocycles. The molecule has 0 spiro atoms. The molecule has 0 aliphatic rings. The van der Waals surface area contributed by atoms with Crippen molar-refractivity contribution in [3.05, 3.63) is 22.8 Å². The maximum atomic E-state index is 8.48. The Kier molecular flexibility index (Phi) is 10.4. The summed E-state index contributed by atoms with van der Waals surface area (Å²) >= 11 is 3.34. The van der Waals surface area contributed by atoms with Crippen molar-refractivity contribution in [2.24, 2.45) is 0 Å². The van der Waals surface area contributed by atoms with Crippen LogP contribution < -0.4 is 4.74 Å². The lowest BCUT2D eigenvalue weighted by Crippen LogP contribution is -2.13. The molecular formula is C13H20BrNO5. The molecule has 6 nitrogen and oxygen atoms in total. The Morgan fingerprint density at radius 3 is 2.15 bits per heavy atom. The van der Waals surface area contributed by atoms with Crippen molar-refractivity contribution in [3.8, 4) is 5.88 Å².